The van der Waals surface area contributed by atoms with Gasteiger partial charge in [0.15, 0.2) is 5.82 Å². The van der Waals surface area contributed by atoms with Gasteiger partial charge in [0, 0.05) is 6.04 Å². The molecule has 1 atom stereocenters. The van der Waals surface area contributed by atoms with Crippen LogP contribution in [0, 0.1) is 0 Å². The quantitative estimate of drug-likeness (QED) is 0.679. The van der Waals surface area contributed by atoms with E-state index < -0.39 is 6.04 Å². The lowest BCUT2D eigenvalue weighted by molar-refractivity contribution is -0.141. The van der Waals surface area contributed by atoms with Crippen molar-refractivity contribution in [2.24, 2.45) is 0 Å². The first kappa shape index (κ1) is 13.6. The molecule has 0 spiro atoms. The lowest BCUT2D eigenvalue weighted by Gasteiger charge is -2.24. The minimum Gasteiger partial charge on any atom is -0.298 e. The minimum absolute atomic E-state index is 0.00280. The number of likely N-dealkylation sites (tertiary alicyclic amines) is 1. The Kier molecular flexibility index (Phi) is 4.20. The molecule has 1 aromatic rings. The van der Waals surface area contributed by atoms with Crippen molar-refractivity contribution in [1.82, 2.24) is 30.8 Å². The van der Waals surface area contributed by atoms with Crippen LogP contribution in [0.3, 0.4) is 0 Å². The summed E-state index contributed by atoms with van der Waals surface area (Å²) in [6.45, 7) is 4.28. The van der Waals surface area contributed by atoms with Gasteiger partial charge in [-0.15, -0.1) is 10.2 Å². The Morgan fingerprint density at radius 2 is 2.16 bits per heavy atom. The second-order valence-electron chi connectivity index (χ2n) is 4.54. The number of hydrogen-bond acceptors (Lipinski definition) is 6. The van der Waals surface area contributed by atoms with Crippen LogP contribution in [0.5, 0.6) is 0 Å². The lowest BCUT2D eigenvalue weighted by Crippen LogP contribution is -2.43. The van der Waals surface area contributed by atoms with Crippen molar-refractivity contribution < 1.29 is 9.59 Å². The molecule has 1 aromatic heterocycles. The molecule has 8 heteroatoms. The van der Waals surface area contributed by atoms with Crippen LogP contribution in [0.25, 0.3) is 0 Å². The maximum atomic E-state index is 12.2. The van der Waals surface area contributed by atoms with Crippen LogP contribution >= 0.6 is 0 Å². The summed E-state index contributed by atoms with van der Waals surface area (Å²) in [5, 5.41) is 16.3. The zero-order valence-electron chi connectivity index (χ0n) is 11.1. The van der Waals surface area contributed by atoms with Crippen molar-refractivity contribution in [2.45, 2.75) is 51.7 Å². The molecule has 104 valence electrons. The SMILES string of the molecule is CCC(CC)N1C(=O)CC(NCc2nn[nH]n2)C1=O. The first-order chi connectivity index (χ1) is 9.17. The number of nitrogens with zero attached hydrogens (tertiary/aromatic N) is 4. The number of imide groups is 1. The summed E-state index contributed by atoms with van der Waals surface area (Å²) >= 11 is 0. The molecule has 0 bridgehead atoms. The van der Waals surface area contributed by atoms with E-state index in [1.54, 1.807) is 0 Å². The molecule has 0 aliphatic carbocycles. The van der Waals surface area contributed by atoms with E-state index in [0.717, 1.165) is 12.8 Å². The molecule has 0 radical (unpaired) electrons. The van der Waals surface area contributed by atoms with Crippen LogP contribution < -0.4 is 5.32 Å². The van der Waals surface area contributed by atoms with Gasteiger partial charge in [-0.25, -0.2) is 0 Å². The fourth-order valence-corrected chi connectivity index (χ4v) is 2.32. The molecule has 1 fully saturated rings. The third-order valence-electron chi connectivity index (χ3n) is 3.39. The Morgan fingerprint density at radius 1 is 1.42 bits per heavy atom. The molecular weight excluding hydrogens is 248 g/mol. The van der Waals surface area contributed by atoms with E-state index in [1.807, 2.05) is 13.8 Å². The number of carbonyl (C=O) groups is 2. The predicted octanol–water partition coefficient (Wildman–Crippen LogP) is -0.395. The van der Waals surface area contributed by atoms with Gasteiger partial charge in [0.05, 0.1) is 19.0 Å². The van der Waals surface area contributed by atoms with Crippen molar-refractivity contribution >= 4 is 11.8 Å². The van der Waals surface area contributed by atoms with Gasteiger partial charge in [-0.1, -0.05) is 19.1 Å². The molecule has 2 amide bonds. The van der Waals surface area contributed by atoms with Crippen molar-refractivity contribution in [2.75, 3.05) is 0 Å². The number of rotatable bonds is 6. The number of amides is 2. The summed E-state index contributed by atoms with van der Waals surface area (Å²) in [4.78, 5) is 25.5. The lowest BCUT2D eigenvalue weighted by atomic mass is 10.1. The molecule has 2 rings (SSSR count). The molecule has 19 heavy (non-hydrogen) atoms. The summed E-state index contributed by atoms with van der Waals surface area (Å²) in [6.07, 6.45) is 1.77. The van der Waals surface area contributed by atoms with Gasteiger partial charge in [0.2, 0.25) is 11.8 Å². The molecule has 0 aromatic carbocycles. The number of H-pyrrole nitrogens is 1. The smallest absolute Gasteiger partial charge is 0.247 e. The van der Waals surface area contributed by atoms with Gasteiger partial charge >= 0.3 is 0 Å². The first-order valence-corrected chi connectivity index (χ1v) is 6.49. The van der Waals surface area contributed by atoms with E-state index in [2.05, 4.69) is 25.9 Å². The highest BCUT2D eigenvalue weighted by atomic mass is 16.2. The highest BCUT2D eigenvalue weighted by Gasteiger charge is 2.41. The number of nitrogens with one attached hydrogen (secondary N) is 2. The monoisotopic (exact) mass is 266 g/mol. The Labute approximate surface area is 110 Å². The van der Waals surface area contributed by atoms with Crippen LogP contribution in [0.4, 0.5) is 0 Å². The molecule has 2 N–H and O–H groups in total. The van der Waals surface area contributed by atoms with Crippen LogP contribution in [0.2, 0.25) is 0 Å². The van der Waals surface area contributed by atoms with Crippen LogP contribution in [0.15, 0.2) is 0 Å². The molecule has 1 saturated heterocycles. The van der Waals surface area contributed by atoms with E-state index in [4.69, 9.17) is 0 Å². The van der Waals surface area contributed by atoms with Crippen molar-refractivity contribution in [3.63, 3.8) is 0 Å². The van der Waals surface area contributed by atoms with Crippen LogP contribution in [0.1, 0.15) is 38.9 Å². The topological polar surface area (TPSA) is 104 Å². The summed E-state index contributed by atoms with van der Waals surface area (Å²) in [6, 6.07) is -0.483. The Balaban J connectivity index is 1.97. The zero-order chi connectivity index (χ0) is 13.8. The Morgan fingerprint density at radius 3 is 2.74 bits per heavy atom. The van der Waals surface area contributed by atoms with Crippen molar-refractivity contribution in [3.8, 4) is 0 Å². The molecule has 2 heterocycles. The van der Waals surface area contributed by atoms with Gasteiger partial charge < -0.3 is 0 Å². The van der Waals surface area contributed by atoms with Gasteiger partial charge in [-0.3, -0.25) is 19.8 Å². The molecule has 1 unspecified atom stereocenters. The molecule has 0 saturated carbocycles. The fraction of sp³-hybridized carbons (Fsp3) is 0.727. The van der Waals surface area contributed by atoms with E-state index >= 15 is 0 Å². The van der Waals surface area contributed by atoms with Gasteiger partial charge in [-0.05, 0) is 12.8 Å². The standard InChI is InChI=1S/C11H18N6O2/c1-3-7(4-2)17-10(18)5-8(11(17)19)12-6-9-13-15-16-14-9/h7-8,12H,3-6H2,1-2H3,(H,13,14,15,16). The number of tetrazole rings is 1. The normalized spacial score (nSPS) is 19.7. The van der Waals surface area contributed by atoms with E-state index in [9.17, 15) is 9.59 Å². The number of aromatic nitrogens is 4. The second-order valence-corrected chi connectivity index (χ2v) is 4.54. The molecule has 8 nitrogen and oxygen atoms in total. The third kappa shape index (κ3) is 2.78. The number of carbonyl (C=O) groups excluding carboxylic acids is 2. The fourth-order valence-electron chi connectivity index (χ4n) is 2.32. The average molecular weight is 266 g/mol. The van der Waals surface area contributed by atoms with E-state index in [-0.39, 0.29) is 24.3 Å². The summed E-state index contributed by atoms with van der Waals surface area (Å²) in [7, 11) is 0. The van der Waals surface area contributed by atoms with Crippen molar-refractivity contribution in [3.05, 3.63) is 5.82 Å². The first-order valence-electron chi connectivity index (χ1n) is 6.49. The zero-order valence-corrected chi connectivity index (χ0v) is 11.1. The highest BCUT2D eigenvalue weighted by Crippen LogP contribution is 2.20. The highest BCUT2D eigenvalue weighted by molar-refractivity contribution is 6.05. The van der Waals surface area contributed by atoms with E-state index in [1.165, 1.54) is 4.90 Å². The van der Waals surface area contributed by atoms with Crippen LogP contribution in [-0.2, 0) is 16.1 Å². The number of hydrogen-bond donors (Lipinski definition) is 2. The Bertz CT molecular complexity index is 442. The largest absolute Gasteiger partial charge is 0.298 e. The summed E-state index contributed by atoms with van der Waals surface area (Å²) in [5.74, 6) is 0.215. The van der Waals surface area contributed by atoms with E-state index in [0.29, 0.717) is 12.4 Å². The third-order valence-corrected chi connectivity index (χ3v) is 3.39. The average Bonchev–Trinajstić information content (AvgIpc) is 3.00. The number of aromatic amines is 1. The summed E-state index contributed by atoms with van der Waals surface area (Å²) in [5.41, 5.74) is 0. The predicted molar refractivity (Wildman–Crippen MR) is 65.6 cm³/mol. The Hall–Kier alpha value is -1.83. The molecule has 1 aliphatic heterocycles. The molecule has 1 aliphatic rings. The van der Waals surface area contributed by atoms with Gasteiger partial charge in [0.1, 0.15) is 0 Å². The van der Waals surface area contributed by atoms with Crippen molar-refractivity contribution in [1.29, 1.82) is 0 Å². The second kappa shape index (κ2) is 5.87. The maximum absolute atomic E-state index is 12.2. The molecular formula is C11H18N6O2. The minimum atomic E-state index is -0.480. The van der Waals surface area contributed by atoms with Gasteiger partial charge in [0.25, 0.3) is 0 Å². The summed E-state index contributed by atoms with van der Waals surface area (Å²) < 4.78 is 0. The maximum Gasteiger partial charge on any atom is 0.247 e. The van der Waals surface area contributed by atoms with Gasteiger partial charge in [-0.2, -0.15) is 5.21 Å². The van der Waals surface area contributed by atoms with Crippen LogP contribution in [-0.4, -0.2) is 49.4 Å².